The Balaban J connectivity index is 1.57. The number of benzene rings is 2. The summed E-state index contributed by atoms with van der Waals surface area (Å²) in [6, 6.07) is 25.5. The number of aromatic nitrogens is 1. The topological polar surface area (TPSA) is 44.5 Å². The molecule has 2 aromatic carbocycles. The molecule has 2 atom stereocenters. The highest BCUT2D eigenvalue weighted by Gasteiger charge is 2.42. The van der Waals surface area contributed by atoms with Crippen molar-refractivity contribution in [2.75, 3.05) is 23.9 Å². The smallest absolute Gasteiger partial charge is 0.174 e. The van der Waals surface area contributed by atoms with Crippen molar-refractivity contribution >= 4 is 40.3 Å². The summed E-state index contributed by atoms with van der Waals surface area (Å²) in [6.45, 7) is 0. The van der Waals surface area contributed by atoms with E-state index in [-0.39, 0.29) is 12.1 Å². The average molecular weight is 475 g/mol. The first-order chi connectivity index (χ1) is 16.0. The number of thiocarbonyl (C=S) groups is 1. The van der Waals surface area contributed by atoms with Gasteiger partial charge in [0, 0.05) is 42.3 Å². The lowest BCUT2D eigenvalue weighted by Gasteiger charge is -2.26. The lowest BCUT2D eigenvalue weighted by Crippen LogP contribution is -2.29. The van der Waals surface area contributed by atoms with Gasteiger partial charge in [-0.3, -0.25) is 4.98 Å². The first kappa shape index (κ1) is 21.5. The molecular weight excluding hydrogens is 452 g/mol. The van der Waals surface area contributed by atoms with E-state index in [2.05, 4.69) is 44.4 Å². The second-order valence-electron chi connectivity index (χ2n) is 8.12. The Morgan fingerprint density at radius 1 is 0.970 bits per heavy atom. The summed E-state index contributed by atoms with van der Waals surface area (Å²) in [4.78, 5) is 8.78. The maximum atomic E-state index is 6.39. The molecule has 3 heterocycles. The summed E-state index contributed by atoms with van der Waals surface area (Å²) in [7, 11) is 4.05. The van der Waals surface area contributed by atoms with E-state index in [1.54, 1.807) is 6.20 Å². The Morgan fingerprint density at radius 2 is 1.73 bits per heavy atom. The van der Waals surface area contributed by atoms with Crippen LogP contribution >= 0.6 is 23.8 Å². The van der Waals surface area contributed by atoms with Crippen molar-refractivity contribution in [3.05, 3.63) is 102 Å². The molecule has 0 amide bonds. The van der Waals surface area contributed by atoms with Crippen LogP contribution in [-0.2, 0) is 0 Å². The number of rotatable bonds is 5. The summed E-state index contributed by atoms with van der Waals surface area (Å²) >= 11 is 11.9. The van der Waals surface area contributed by atoms with Crippen LogP contribution in [0.15, 0.2) is 89.5 Å². The minimum Gasteiger partial charge on any atom is -0.459 e. The highest BCUT2D eigenvalue weighted by atomic mass is 35.5. The third kappa shape index (κ3) is 4.19. The van der Waals surface area contributed by atoms with Crippen molar-refractivity contribution in [2.45, 2.75) is 12.1 Å². The first-order valence-electron chi connectivity index (χ1n) is 10.6. The van der Waals surface area contributed by atoms with E-state index in [0.29, 0.717) is 10.1 Å². The van der Waals surface area contributed by atoms with Crippen LogP contribution in [0, 0.1) is 0 Å². The van der Waals surface area contributed by atoms with Crippen LogP contribution in [0.25, 0.3) is 11.3 Å². The fraction of sp³-hybridized carbons (Fsp3) is 0.154. The summed E-state index contributed by atoms with van der Waals surface area (Å²) in [6.07, 6.45) is 1.80. The molecule has 2 aromatic heterocycles. The van der Waals surface area contributed by atoms with Crippen LogP contribution in [-0.4, -0.2) is 24.2 Å². The second kappa shape index (κ2) is 8.89. The van der Waals surface area contributed by atoms with Gasteiger partial charge in [-0.2, -0.15) is 0 Å². The van der Waals surface area contributed by atoms with Crippen molar-refractivity contribution in [1.29, 1.82) is 0 Å². The molecule has 0 spiro atoms. The van der Waals surface area contributed by atoms with Gasteiger partial charge >= 0.3 is 0 Å². The summed E-state index contributed by atoms with van der Waals surface area (Å²) in [5.41, 5.74) is 3.99. The number of hydrogen-bond donors (Lipinski definition) is 1. The molecule has 1 N–H and O–H groups in total. The Hall–Kier alpha value is -3.35. The lowest BCUT2D eigenvalue weighted by molar-refractivity contribution is 0.439. The number of nitrogens with zero attached hydrogens (tertiary/aromatic N) is 3. The highest BCUT2D eigenvalue weighted by molar-refractivity contribution is 7.80. The van der Waals surface area contributed by atoms with Gasteiger partial charge in [-0.25, -0.2) is 0 Å². The van der Waals surface area contributed by atoms with Gasteiger partial charge in [0.1, 0.15) is 17.6 Å². The van der Waals surface area contributed by atoms with E-state index in [0.717, 1.165) is 34.2 Å². The van der Waals surface area contributed by atoms with Crippen molar-refractivity contribution < 1.29 is 4.42 Å². The molecule has 4 aromatic rings. The third-order valence-electron chi connectivity index (χ3n) is 5.79. The molecule has 1 saturated heterocycles. The fourth-order valence-electron chi connectivity index (χ4n) is 4.11. The summed E-state index contributed by atoms with van der Waals surface area (Å²) < 4.78 is 6.39. The molecule has 1 aliphatic rings. The van der Waals surface area contributed by atoms with Gasteiger partial charge in [0.2, 0.25) is 0 Å². The molecule has 0 radical (unpaired) electrons. The predicted molar refractivity (Wildman–Crippen MR) is 138 cm³/mol. The normalized spacial score (nSPS) is 17.8. The van der Waals surface area contributed by atoms with E-state index >= 15 is 0 Å². The van der Waals surface area contributed by atoms with Gasteiger partial charge in [0.05, 0.1) is 11.7 Å². The van der Waals surface area contributed by atoms with E-state index in [9.17, 15) is 0 Å². The molecule has 0 bridgehead atoms. The highest BCUT2D eigenvalue weighted by Crippen LogP contribution is 2.43. The number of halogens is 1. The number of furan rings is 1. The van der Waals surface area contributed by atoms with Gasteiger partial charge in [-0.05, 0) is 85.0 Å². The third-order valence-corrected chi connectivity index (χ3v) is 6.36. The minimum atomic E-state index is -0.196. The molecule has 5 nitrogen and oxygen atoms in total. The van der Waals surface area contributed by atoms with Crippen LogP contribution in [0.3, 0.4) is 0 Å². The monoisotopic (exact) mass is 474 g/mol. The van der Waals surface area contributed by atoms with Crippen LogP contribution in [0.5, 0.6) is 0 Å². The van der Waals surface area contributed by atoms with Crippen LogP contribution in [0.4, 0.5) is 11.4 Å². The van der Waals surface area contributed by atoms with Crippen LogP contribution < -0.4 is 15.1 Å². The largest absolute Gasteiger partial charge is 0.459 e. The van der Waals surface area contributed by atoms with E-state index in [1.807, 2.05) is 68.7 Å². The van der Waals surface area contributed by atoms with Gasteiger partial charge in [-0.15, -0.1) is 0 Å². The Bertz CT molecular complexity index is 1260. The quantitative estimate of drug-likeness (QED) is 0.345. The lowest BCUT2D eigenvalue weighted by atomic mass is 10.0. The number of pyridine rings is 1. The second-order valence-corrected chi connectivity index (χ2v) is 8.94. The van der Waals surface area contributed by atoms with Crippen LogP contribution in [0.2, 0.25) is 5.02 Å². The molecule has 0 aliphatic carbocycles. The number of nitrogens with one attached hydrogen (secondary N) is 1. The molecular formula is C26H23ClN4OS. The van der Waals surface area contributed by atoms with E-state index in [1.165, 1.54) is 0 Å². The Kier molecular flexibility index (Phi) is 5.79. The zero-order chi connectivity index (χ0) is 22.9. The molecule has 166 valence electrons. The zero-order valence-electron chi connectivity index (χ0n) is 18.3. The molecule has 1 aliphatic heterocycles. The van der Waals surface area contributed by atoms with Gasteiger partial charge < -0.3 is 19.5 Å². The molecule has 0 saturated carbocycles. The first-order valence-corrected chi connectivity index (χ1v) is 11.4. The van der Waals surface area contributed by atoms with Crippen molar-refractivity contribution in [3.63, 3.8) is 0 Å². The molecule has 1 fully saturated rings. The van der Waals surface area contributed by atoms with Crippen LogP contribution in [0.1, 0.15) is 23.5 Å². The maximum Gasteiger partial charge on any atom is 0.174 e. The average Bonchev–Trinajstić information content (AvgIpc) is 3.45. The summed E-state index contributed by atoms with van der Waals surface area (Å²) in [5.74, 6) is 1.59. The van der Waals surface area contributed by atoms with E-state index < -0.39 is 0 Å². The fourth-order valence-corrected chi connectivity index (χ4v) is 4.59. The molecule has 0 unspecified atom stereocenters. The Labute approximate surface area is 203 Å². The predicted octanol–water partition coefficient (Wildman–Crippen LogP) is 6.24. The number of hydrogen-bond acceptors (Lipinski definition) is 4. The molecule has 7 heteroatoms. The Morgan fingerprint density at radius 3 is 2.39 bits per heavy atom. The van der Waals surface area contributed by atoms with Crippen molar-refractivity contribution in [1.82, 2.24) is 10.3 Å². The molecule has 33 heavy (non-hydrogen) atoms. The SMILES string of the molecule is CN(C)c1ccc(N2C(=S)N[C@@H](c3ccccn3)[C@H]2c2ccc(-c3ccc(Cl)cc3)o2)cc1. The zero-order valence-corrected chi connectivity index (χ0v) is 19.8. The van der Waals surface area contributed by atoms with Gasteiger partial charge in [0.15, 0.2) is 5.11 Å². The van der Waals surface area contributed by atoms with Crippen molar-refractivity contribution in [3.8, 4) is 11.3 Å². The van der Waals surface area contributed by atoms with Crippen molar-refractivity contribution in [2.24, 2.45) is 0 Å². The summed E-state index contributed by atoms with van der Waals surface area (Å²) in [5, 5.41) is 4.80. The van der Waals surface area contributed by atoms with Gasteiger partial charge in [-0.1, -0.05) is 17.7 Å². The molecule has 5 rings (SSSR count). The minimum absolute atomic E-state index is 0.156. The standard InChI is InChI=1S/C26H23ClN4OS/c1-30(2)19-10-12-20(13-11-19)31-25(24(29-26(31)33)21-5-3-4-16-28-21)23-15-14-22(32-23)17-6-8-18(27)9-7-17/h3-16,24-25H,1-2H3,(H,29,33)/t24-,25+/m0/s1. The van der Waals surface area contributed by atoms with Gasteiger partial charge in [0.25, 0.3) is 0 Å². The number of anilines is 2. The van der Waals surface area contributed by atoms with E-state index in [4.69, 9.17) is 28.2 Å². The maximum absolute atomic E-state index is 6.39.